The minimum Gasteiger partial charge on any atom is -0.464 e. The van der Waals surface area contributed by atoms with Gasteiger partial charge in [-0.2, -0.15) is 0 Å². The Hall–Kier alpha value is -1.62. The second-order valence-corrected chi connectivity index (χ2v) is 3.93. The second kappa shape index (κ2) is 6.35. The van der Waals surface area contributed by atoms with Gasteiger partial charge in [0.2, 0.25) is 0 Å². The minimum atomic E-state index is -0.822. The molecular formula is C12H13ClFNO3. The monoisotopic (exact) mass is 273 g/mol. The van der Waals surface area contributed by atoms with Gasteiger partial charge in [0.1, 0.15) is 11.9 Å². The maximum Gasteiger partial charge on any atom is 0.328 e. The lowest BCUT2D eigenvalue weighted by Crippen LogP contribution is -2.39. The lowest BCUT2D eigenvalue weighted by atomic mass is 10.2. The molecule has 0 saturated carbocycles. The minimum absolute atomic E-state index is 0.0205. The molecule has 1 aromatic carbocycles. The zero-order valence-corrected chi connectivity index (χ0v) is 10.8. The van der Waals surface area contributed by atoms with Crippen LogP contribution in [0.4, 0.5) is 4.39 Å². The van der Waals surface area contributed by atoms with Crippen LogP contribution in [0.3, 0.4) is 0 Å². The van der Waals surface area contributed by atoms with Gasteiger partial charge in [0, 0.05) is 0 Å². The number of amides is 1. The van der Waals surface area contributed by atoms with E-state index in [1.165, 1.54) is 19.1 Å². The smallest absolute Gasteiger partial charge is 0.328 e. The van der Waals surface area contributed by atoms with Crippen LogP contribution in [0.2, 0.25) is 5.02 Å². The van der Waals surface area contributed by atoms with Crippen LogP contribution in [-0.4, -0.2) is 24.5 Å². The van der Waals surface area contributed by atoms with E-state index in [0.717, 1.165) is 6.07 Å². The van der Waals surface area contributed by atoms with Gasteiger partial charge in [-0.1, -0.05) is 17.7 Å². The van der Waals surface area contributed by atoms with Gasteiger partial charge < -0.3 is 10.1 Å². The Kier molecular flexibility index (Phi) is 5.09. The van der Waals surface area contributed by atoms with Gasteiger partial charge in [0.25, 0.3) is 5.91 Å². The number of esters is 1. The topological polar surface area (TPSA) is 55.4 Å². The summed E-state index contributed by atoms with van der Waals surface area (Å²) in [6, 6.07) is 3.06. The fourth-order valence-corrected chi connectivity index (χ4v) is 1.49. The molecule has 1 atom stereocenters. The molecule has 6 heteroatoms. The summed E-state index contributed by atoms with van der Waals surface area (Å²) in [4.78, 5) is 23.1. The highest BCUT2D eigenvalue weighted by Crippen LogP contribution is 2.19. The van der Waals surface area contributed by atoms with Crippen LogP contribution < -0.4 is 5.32 Å². The Bertz CT molecular complexity index is 465. The molecule has 1 aromatic rings. The number of hydrogen-bond acceptors (Lipinski definition) is 3. The number of carbonyl (C=O) groups is 2. The van der Waals surface area contributed by atoms with E-state index < -0.39 is 23.7 Å². The predicted octanol–water partition coefficient (Wildman–Crippen LogP) is 2.16. The van der Waals surface area contributed by atoms with Crippen LogP contribution in [0.5, 0.6) is 0 Å². The summed E-state index contributed by atoms with van der Waals surface area (Å²) in [6.45, 7) is 3.36. The molecule has 98 valence electrons. The third-order valence-electron chi connectivity index (χ3n) is 2.18. The molecule has 1 N–H and O–H groups in total. The number of halogens is 2. The van der Waals surface area contributed by atoms with Crippen molar-refractivity contribution in [3.63, 3.8) is 0 Å². The molecule has 0 spiro atoms. The molecule has 0 fully saturated rings. The fraction of sp³-hybridized carbons (Fsp3) is 0.333. The molecule has 4 nitrogen and oxygen atoms in total. The summed E-state index contributed by atoms with van der Waals surface area (Å²) >= 11 is 5.66. The van der Waals surface area contributed by atoms with E-state index in [0.29, 0.717) is 0 Å². The van der Waals surface area contributed by atoms with Gasteiger partial charge in [-0.3, -0.25) is 4.79 Å². The Morgan fingerprint density at radius 3 is 2.78 bits per heavy atom. The Morgan fingerprint density at radius 1 is 1.50 bits per heavy atom. The van der Waals surface area contributed by atoms with Crippen molar-refractivity contribution in [2.24, 2.45) is 0 Å². The number of rotatable bonds is 4. The summed E-state index contributed by atoms with van der Waals surface area (Å²) in [6.07, 6.45) is 0. The number of hydrogen-bond donors (Lipinski definition) is 1. The Balaban J connectivity index is 2.77. The van der Waals surface area contributed by atoms with Gasteiger partial charge in [-0.15, -0.1) is 0 Å². The Morgan fingerprint density at radius 2 is 2.17 bits per heavy atom. The van der Waals surface area contributed by atoms with E-state index in [-0.39, 0.29) is 17.2 Å². The quantitative estimate of drug-likeness (QED) is 0.856. The highest BCUT2D eigenvalue weighted by Gasteiger charge is 2.20. The average molecular weight is 274 g/mol. The van der Waals surface area contributed by atoms with Crippen molar-refractivity contribution in [3.05, 3.63) is 34.6 Å². The maximum atomic E-state index is 13.2. The van der Waals surface area contributed by atoms with Gasteiger partial charge in [-0.05, 0) is 26.0 Å². The third-order valence-corrected chi connectivity index (χ3v) is 2.57. The van der Waals surface area contributed by atoms with Crippen molar-refractivity contribution >= 4 is 23.5 Å². The van der Waals surface area contributed by atoms with Gasteiger partial charge in [0.15, 0.2) is 0 Å². The first-order valence-electron chi connectivity index (χ1n) is 5.38. The molecule has 0 saturated heterocycles. The molecule has 1 rings (SSSR count). The van der Waals surface area contributed by atoms with Crippen LogP contribution in [-0.2, 0) is 9.53 Å². The Labute approximate surface area is 109 Å². The zero-order valence-electron chi connectivity index (χ0n) is 10.00. The van der Waals surface area contributed by atoms with E-state index in [1.807, 2.05) is 0 Å². The zero-order chi connectivity index (χ0) is 13.7. The highest BCUT2D eigenvalue weighted by molar-refractivity contribution is 6.34. The molecular weight excluding hydrogens is 261 g/mol. The molecule has 1 amide bonds. The SMILES string of the molecule is CCOC(=O)C(C)NC(=O)c1cccc(F)c1Cl. The predicted molar refractivity (Wildman–Crippen MR) is 65.0 cm³/mol. The summed E-state index contributed by atoms with van der Waals surface area (Å²) < 4.78 is 17.9. The maximum absolute atomic E-state index is 13.2. The normalized spacial score (nSPS) is 11.8. The molecule has 0 bridgehead atoms. The molecule has 0 aliphatic carbocycles. The first-order chi connectivity index (χ1) is 8.47. The van der Waals surface area contributed by atoms with Gasteiger partial charge in [0.05, 0.1) is 17.2 Å². The van der Waals surface area contributed by atoms with Crippen molar-refractivity contribution in [3.8, 4) is 0 Å². The number of benzene rings is 1. The van der Waals surface area contributed by atoms with E-state index >= 15 is 0 Å². The van der Waals surface area contributed by atoms with Crippen LogP contribution in [0.15, 0.2) is 18.2 Å². The largest absolute Gasteiger partial charge is 0.464 e. The average Bonchev–Trinajstić information content (AvgIpc) is 2.32. The van der Waals surface area contributed by atoms with Crippen molar-refractivity contribution < 1.29 is 18.7 Å². The van der Waals surface area contributed by atoms with Crippen molar-refractivity contribution in [2.45, 2.75) is 19.9 Å². The molecule has 18 heavy (non-hydrogen) atoms. The van der Waals surface area contributed by atoms with Crippen LogP contribution in [0, 0.1) is 5.82 Å². The molecule has 0 aliphatic rings. The molecule has 1 unspecified atom stereocenters. The molecule has 0 aliphatic heterocycles. The van der Waals surface area contributed by atoms with E-state index in [2.05, 4.69) is 5.32 Å². The summed E-state index contributed by atoms with van der Waals surface area (Å²) in [5.74, 6) is -1.87. The lowest BCUT2D eigenvalue weighted by molar-refractivity contribution is -0.144. The van der Waals surface area contributed by atoms with Crippen LogP contribution >= 0.6 is 11.6 Å². The van der Waals surface area contributed by atoms with Crippen LogP contribution in [0.1, 0.15) is 24.2 Å². The molecule has 0 radical (unpaired) electrons. The number of ether oxygens (including phenoxy) is 1. The summed E-state index contributed by atoms with van der Waals surface area (Å²) in [5.41, 5.74) is -0.0205. The van der Waals surface area contributed by atoms with Crippen molar-refractivity contribution in [1.29, 1.82) is 0 Å². The van der Waals surface area contributed by atoms with E-state index in [1.54, 1.807) is 6.92 Å². The highest BCUT2D eigenvalue weighted by atomic mass is 35.5. The summed E-state index contributed by atoms with van der Waals surface area (Å²) in [7, 11) is 0. The first-order valence-corrected chi connectivity index (χ1v) is 5.76. The molecule has 0 heterocycles. The lowest BCUT2D eigenvalue weighted by Gasteiger charge is -2.13. The van der Waals surface area contributed by atoms with E-state index in [4.69, 9.17) is 16.3 Å². The first kappa shape index (κ1) is 14.4. The van der Waals surface area contributed by atoms with Crippen LogP contribution in [0.25, 0.3) is 0 Å². The van der Waals surface area contributed by atoms with Crippen molar-refractivity contribution in [2.75, 3.05) is 6.61 Å². The number of nitrogens with one attached hydrogen (secondary N) is 1. The molecule has 0 aromatic heterocycles. The fourth-order valence-electron chi connectivity index (χ4n) is 1.28. The second-order valence-electron chi connectivity index (χ2n) is 3.55. The number of carbonyl (C=O) groups excluding carboxylic acids is 2. The standard InChI is InChI=1S/C12H13ClFNO3/c1-3-18-12(17)7(2)15-11(16)8-5-4-6-9(14)10(8)13/h4-7H,3H2,1-2H3,(H,15,16). The third kappa shape index (κ3) is 3.43. The van der Waals surface area contributed by atoms with E-state index in [9.17, 15) is 14.0 Å². The van der Waals surface area contributed by atoms with Gasteiger partial charge in [-0.25, -0.2) is 9.18 Å². The van der Waals surface area contributed by atoms with Crippen molar-refractivity contribution in [1.82, 2.24) is 5.32 Å². The summed E-state index contributed by atoms with van der Waals surface area (Å²) in [5, 5.41) is 2.11. The van der Waals surface area contributed by atoms with Gasteiger partial charge >= 0.3 is 5.97 Å².